The summed E-state index contributed by atoms with van der Waals surface area (Å²) >= 11 is 25.0. The molecule has 0 aliphatic carbocycles. The van der Waals surface area contributed by atoms with Gasteiger partial charge in [0.15, 0.2) is 0 Å². The monoisotopic (exact) mass is 1110 g/mol. The summed E-state index contributed by atoms with van der Waals surface area (Å²) in [6.45, 7) is 3.08. The Labute approximate surface area is 455 Å². The number of aromatic nitrogens is 4. The predicted octanol–water partition coefficient (Wildman–Crippen LogP) is 11.7. The maximum Gasteiger partial charge on any atom is 0.340 e. The molecule has 0 saturated carbocycles. The molecule has 2 aromatic heterocycles. The van der Waals surface area contributed by atoms with E-state index >= 15 is 0 Å². The van der Waals surface area contributed by atoms with E-state index in [4.69, 9.17) is 74.8 Å². The zero-order valence-electron chi connectivity index (χ0n) is 41.0. The number of anilines is 4. The quantitative estimate of drug-likeness (QED) is 0.0861. The first-order valence-corrected chi connectivity index (χ1v) is 24.6. The van der Waals surface area contributed by atoms with Crippen LogP contribution in [-0.4, -0.2) is 100 Å². The van der Waals surface area contributed by atoms with Crippen LogP contribution in [0, 0.1) is 0 Å². The van der Waals surface area contributed by atoms with Gasteiger partial charge in [-0.15, -0.1) is 0 Å². The van der Waals surface area contributed by atoms with Crippen LogP contribution in [0.4, 0.5) is 23.3 Å². The summed E-state index contributed by atoms with van der Waals surface area (Å²) in [5.41, 5.74) is 4.24. The van der Waals surface area contributed by atoms with E-state index in [-0.39, 0.29) is 79.0 Å². The van der Waals surface area contributed by atoms with Crippen molar-refractivity contribution in [2.45, 2.75) is 32.5 Å². The van der Waals surface area contributed by atoms with Crippen molar-refractivity contribution in [3.05, 3.63) is 162 Å². The van der Waals surface area contributed by atoms with Gasteiger partial charge in [0, 0.05) is 40.4 Å². The van der Waals surface area contributed by atoms with Gasteiger partial charge in [0.25, 0.3) is 11.8 Å². The first-order chi connectivity index (χ1) is 36.6. The molecule has 3 N–H and O–H groups in total. The van der Waals surface area contributed by atoms with E-state index < -0.39 is 11.9 Å². The Kier molecular flexibility index (Phi) is 17.6. The fraction of sp³-hybridized carbons (Fsp3) is 0.208. The van der Waals surface area contributed by atoms with E-state index in [1.54, 1.807) is 48.2 Å². The lowest BCUT2D eigenvalue weighted by Crippen LogP contribution is -2.17. The van der Waals surface area contributed by atoms with Crippen LogP contribution in [0.25, 0.3) is 0 Å². The molecule has 7 aromatic rings. The van der Waals surface area contributed by atoms with Gasteiger partial charge in [0.2, 0.25) is 23.7 Å². The summed E-state index contributed by atoms with van der Waals surface area (Å²) in [5.74, 6) is -0.578. The molecule has 392 valence electrons. The fourth-order valence-corrected chi connectivity index (χ4v) is 8.54. The van der Waals surface area contributed by atoms with Gasteiger partial charge in [0.1, 0.15) is 39.7 Å². The maximum absolute atomic E-state index is 12.7. The molecule has 5 heterocycles. The molecule has 76 heavy (non-hydrogen) atoms. The second kappa shape index (κ2) is 24.6. The summed E-state index contributed by atoms with van der Waals surface area (Å²) in [4.78, 5) is 69.2. The number of methoxy groups -OCH3 is 2. The van der Waals surface area contributed by atoms with Gasteiger partial charge in [-0.2, -0.15) is 9.97 Å². The van der Waals surface area contributed by atoms with Crippen molar-refractivity contribution in [3.63, 3.8) is 0 Å². The summed E-state index contributed by atoms with van der Waals surface area (Å²) in [6.07, 6.45) is 5.26. The number of amides is 2. The second-order valence-electron chi connectivity index (χ2n) is 16.8. The number of halogens is 4. The van der Waals surface area contributed by atoms with E-state index in [9.17, 15) is 24.3 Å². The third-order valence-corrected chi connectivity index (χ3v) is 12.7. The Bertz CT molecular complexity index is 3330. The molecule has 0 atom stereocenters. The average Bonchev–Trinajstić information content (AvgIpc) is 4.17. The van der Waals surface area contributed by atoms with Crippen molar-refractivity contribution in [2.24, 2.45) is 0 Å². The molecule has 3 aliphatic heterocycles. The number of carbonyl (C=O) groups is 4. The Balaban J connectivity index is 0.000000187. The lowest BCUT2D eigenvalue weighted by Gasteiger charge is -2.14. The molecular weight excluding hydrogens is 1070 g/mol. The molecule has 0 spiro atoms. The number of aromatic carboxylic acids is 1. The highest BCUT2D eigenvalue weighted by atomic mass is 35.5. The number of carboxylic acids is 1. The van der Waals surface area contributed by atoms with Crippen LogP contribution in [0.5, 0.6) is 34.8 Å². The zero-order valence-corrected chi connectivity index (χ0v) is 44.0. The summed E-state index contributed by atoms with van der Waals surface area (Å²) < 4.78 is 32.9. The zero-order chi connectivity index (χ0) is 54.0. The van der Waals surface area contributed by atoms with Gasteiger partial charge >= 0.3 is 11.9 Å². The molecule has 23 heteroatoms. The first kappa shape index (κ1) is 54.3. The van der Waals surface area contributed by atoms with Crippen LogP contribution >= 0.6 is 46.4 Å². The van der Waals surface area contributed by atoms with Gasteiger partial charge in [0.05, 0.1) is 70.3 Å². The van der Waals surface area contributed by atoms with Crippen molar-refractivity contribution in [1.29, 1.82) is 0 Å². The molecule has 0 bridgehead atoms. The molecule has 10 rings (SSSR count). The number of carbonyl (C=O) groups excluding carboxylic acids is 3. The van der Waals surface area contributed by atoms with Crippen LogP contribution < -0.4 is 29.6 Å². The molecule has 1 fully saturated rings. The molecule has 0 radical (unpaired) electrons. The lowest BCUT2D eigenvalue weighted by atomic mass is 10.1. The van der Waals surface area contributed by atoms with Gasteiger partial charge in [-0.3, -0.25) is 9.59 Å². The van der Waals surface area contributed by atoms with E-state index in [0.717, 1.165) is 29.9 Å². The van der Waals surface area contributed by atoms with Crippen molar-refractivity contribution < 1.29 is 52.7 Å². The van der Waals surface area contributed by atoms with E-state index in [0.29, 0.717) is 52.8 Å². The van der Waals surface area contributed by atoms with Crippen LogP contribution in [-0.2, 0) is 29.2 Å². The highest BCUT2D eigenvalue weighted by molar-refractivity contribution is 6.34. The largest absolute Gasteiger partial charge is 0.495 e. The van der Waals surface area contributed by atoms with Crippen LogP contribution in [0.2, 0.25) is 20.1 Å². The number of hydrogen-bond donors (Lipinski definition) is 3. The van der Waals surface area contributed by atoms with Gasteiger partial charge in [-0.25, -0.2) is 19.6 Å². The fourth-order valence-electron chi connectivity index (χ4n) is 7.80. The molecule has 3 aliphatic rings. The molecule has 1 saturated heterocycles. The molecular formula is C53H46Cl4N8O11. The molecule has 19 nitrogen and oxygen atoms in total. The van der Waals surface area contributed by atoms with Crippen LogP contribution in [0.15, 0.2) is 103 Å². The summed E-state index contributed by atoms with van der Waals surface area (Å²) in [7, 11) is 6.27. The van der Waals surface area contributed by atoms with Gasteiger partial charge in [-0.05, 0) is 65.9 Å². The maximum atomic E-state index is 12.7. The number of hydrogen-bond acceptors (Lipinski definition) is 16. The number of benzene rings is 5. The number of esters is 1. The molecule has 5 aromatic carbocycles. The number of nitrogens with zero attached hydrogens (tertiary/aromatic N) is 6. The molecule has 0 unspecified atom stereocenters. The first-order valence-electron chi connectivity index (χ1n) is 23.1. The third kappa shape index (κ3) is 12.8. The average molecular weight is 1110 g/mol. The van der Waals surface area contributed by atoms with Crippen LogP contribution in [0.1, 0.15) is 71.0 Å². The minimum atomic E-state index is -1.19. The topological polar surface area (TPSA) is 226 Å². The van der Waals surface area contributed by atoms with Crippen molar-refractivity contribution >= 4 is 93.4 Å². The Morgan fingerprint density at radius 3 is 1.55 bits per heavy atom. The number of carboxylic acid groups (broad SMARTS) is 1. The smallest absolute Gasteiger partial charge is 0.340 e. The second-order valence-corrected chi connectivity index (χ2v) is 18.4. The highest BCUT2D eigenvalue weighted by Gasteiger charge is 2.30. The van der Waals surface area contributed by atoms with E-state index in [1.807, 2.05) is 42.5 Å². The predicted molar refractivity (Wildman–Crippen MR) is 284 cm³/mol. The number of rotatable bonds is 14. The minimum absolute atomic E-state index is 0.00807. The Morgan fingerprint density at radius 2 is 1.11 bits per heavy atom. The Hall–Kier alpha value is -7.94. The number of fused-ring (bicyclic) bond motifs is 2. The third-order valence-electron chi connectivity index (χ3n) is 11.6. The standard InChI is InChI=1S/C28H22Cl2N4O5.C21H16Cl2N4O5.C4H8O/c1-34-14-17-9-6-10-22(24(17)26(34)35)39-25-20(30)13-31-28(33-25)32-21-12-19(29)18(11-23(21)37-2)27(36)38-15-16-7-4-3-5-8-16;1-27-9-10-4-3-5-15(17(10)19(27)28)32-18-13(23)8-24-21(26-18)25-14-7-12(22)11(20(29)30)6-16(14)31-2;1-2-4-5-3-1/h3-13H,14-15H2,1-2H3,(H,31,32,33);3-8H,9H2,1-2H3,(H,29,30)(H,24,25,26);1-4H2. The van der Waals surface area contributed by atoms with Crippen molar-refractivity contribution in [1.82, 2.24) is 29.7 Å². The van der Waals surface area contributed by atoms with E-state index in [2.05, 4.69) is 30.6 Å². The van der Waals surface area contributed by atoms with Gasteiger partial charge in [-0.1, -0.05) is 101 Å². The summed E-state index contributed by atoms with van der Waals surface area (Å²) in [6, 6.07) is 25.6. The van der Waals surface area contributed by atoms with E-state index in [1.165, 1.54) is 63.7 Å². The lowest BCUT2D eigenvalue weighted by molar-refractivity contribution is 0.0471. The van der Waals surface area contributed by atoms with Crippen molar-refractivity contribution in [2.75, 3.05) is 52.2 Å². The number of nitrogens with one attached hydrogen (secondary N) is 2. The Morgan fingerprint density at radius 1 is 0.632 bits per heavy atom. The minimum Gasteiger partial charge on any atom is -0.495 e. The highest BCUT2D eigenvalue weighted by Crippen LogP contribution is 2.39. The van der Waals surface area contributed by atoms with Crippen LogP contribution in [0.3, 0.4) is 0 Å². The summed E-state index contributed by atoms with van der Waals surface area (Å²) in [5, 5.41) is 15.6. The normalized spacial score (nSPS) is 13.1. The molecule has 2 amide bonds. The van der Waals surface area contributed by atoms with Crippen molar-refractivity contribution in [3.8, 4) is 34.8 Å². The SMILES string of the molecule is C1CCOC1.COc1cc(C(=O)O)c(Cl)cc1Nc1ncc(Cl)c(Oc2cccc3c2C(=O)N(C)C3)n1.COc1cc(C(=O)OCc2ccccc2)c(Cl)cc1Nc1ncc(Cl)c(Oc2cccc3c2C(=O)N(C)C3)n1. The number of ether oxygens (including phenoxy) is 6. The van der Waals surface area contributed by atoms with Gasteiger partial charge < -0.3 is 54.0 Å².